The molecule has 1 aliphatic heterocycles. The quantitative estimate of drug-likeness (QED) is 0.702. The van der Waals surface area contributed by atoms with Crippen LogP contribution >= 0.6 is 0 Å². The van der Waals surface area contributed by atoms with E-state index in [1.54, 1.807) is 32.2 Å². The van der Waals surface area contributed by atoms with Crippen LogP contribution in [0.4, 0.5) is 5.82 Å². The summed E-state index contributed by atoms with van der Waals surface area (Å²) in [7, 11) is -3.43. The summed E-state index contributed by atoms with van der Waals surface area (Å²) in [4.78, 5) is 6.91. The lowest BCUT2D eigenvalue weighted by molar-refractivity contribution is 0.0985. The minimum atomic E-state index is -3.43. The maximum atomic E-state index is 12.6. The molecule has 1 saturated heterocycles. The number of hydrogen-bond donors (Lipinski definition) is 1. The summed E-state index contributed by atoms with van der Waals surface area (Å²) >= 11 is 0. The van der Waals surface area contributed by atoms with E-state index in [2.05, 4.69) is 27.2 Å². The molecule has 3 aromatic heterocycles. The fourth-order valence-electron chi connectivity index (χ4n) is 3.33. The Hall–Kier alpha value is -2.46. The van der Waals surface area contributed by atoms with Crippen LogP contribution in [0.25, 0.3) is 22.5 Å². The predicted octanol–water partition coefficient (Wildman–Crippen LogP) is 2.12. The fraction of sp³-hybridized carbons (Fsp3) is 0.500. The van der Waals surface area contributed by atoms with E-state index < -0.39 is 14.6 Å². The SMILES string of the molecule is C[C@@H]1COCCN1c1cc(C(C)(C)S(C)(=O)=O)c2onc(-c3ccn[nH]3)c2n1. The number of pyridine rings is 1. The van der Waals surface area contributed by atoms with Gasteiger partial charge in [-0.2, -0.15) is 5.10 Å². The Morgan fingerprint density at radius 3 is 2.79 bits per heavy atom. The van der Waals surface area contributed by atoms with Crippen LogP contribution in [0.2, 0.25) is 0 Å². The average Bonchev–Trinajstić information content (AvgIpc) is 3.29. The summed E-state index contributed by atoms with van der Waals surface area (Å²) in [5.74, 6) is 0.680. The number of morpholine rings is 1. The molecule has 1 N–H and O–H groups in total. The van der Waals surface area contributed by atoms with E-state index in [0.29, 0.717) is 53.6 Å². The van der Waals surface area contributed by atoms with Crippen molar-refractivity contribution in [2.45, 2.75) is 31.6 Å². The van der Waals surface area contributed by atoms with Crippen LogP contribution in [0.3, 0.4) is 0 Å². The molecule has 0 amide bonds. The molecular formula is C18H23N5O4S. The Kier molecular flexibility index (Phi) is 4.42. The van der Waals surface area contributed by atoms with Crippen LogP contribution in [-0.4, -0.2) is 60.8 Å². The van der Waals surface area contributed by atoms with Crippen molar-refractivity contribution in [3.05, 3.63) is 23.9 Å². The molecule has 4 rings (SSSR count). The zero-order valence-electron chi connectivity index (χ0n) is 16.3. The second-order valence-corrected chi connectivity index (χ2v) is 10.2. The van der Waals surface area contributed by atoms with Gasteiger partial charge >= 0.3 is 0 Å². The number of rotatable bonds is 4. The van der Waals surface area contributed by atoms with Crippen molar-refractivity contribution in [3.63, 3.8) is 0 Å². The second kappa shape index (κ2) is 6.56. The number of hydrogen-bond acceptors (Lipinski definition) is 8. The van der Waals surface area contributed by atoms with Gasteiger partial charge in [-0.25, -0.2) is 13.4 Å². The first-order valence-corrected chi connectivity index (χ1v) is 10.9. The molecule has 150 valence electrons. The Morgan fingerprint density at radius 2 is 2.14 bits per heavy atom. The topological polar surface area (TPSA) is 114 Å². The van der Waals surface area contributed by atoms with E-state index in [0.717, 1.165) is 0 Å². The van der Waals surface area contributed by atoms with Crippen molar-refractivity contribution < 1.29 is 17.7 Å². The van der Waals surface area contributed by atoms with Gasteiger partial charge in [0.15, 0.2) is 21.1 Å². The van der Waals surface area contributed by atoms with Crippen molar-refractivity contribution in [2.75, 3.05) is 30.9 Å². The van der Waals surface area contributed by atoms with Gasteiger partial charge in [0.2, 0.25) is 0 Å². The lowest BCUT2D eigenvalue weighted by Gasteiger charge is -2.35. The predicted molar refractivity (Wildman–Crippen MR) is 105 cm³/mol. The first-order chi connectivity index (χ1) is 13.2. The van der Waals surface area contributed by atoms with Crippen LogP contribution in [0, 0.1) is 0 Å². The molecule has 3 aromatic rings. The normalized spacial score (nSPS) is 18.7. The lowest BCUT2D eigenvalue weighted by Crippen LogP contribution is -2.44. The number of aromatic nitrogens is 4. The van der Waals surface area contributed by atoms with Crippen molar-refractivity contribution in [1.82, 2.24) is 20.3 Å². The highest BCUT2D eigenvalue weighted by molar-refractivity contribution is 7.91. The van der Waals surface area contributed by atoms with E-state index in [1.807, 2.05) is 0 Å². The molecule has 0 unspecified atom stereocenters. The number of aromatic amines is 1. The van der Waals surface area contributed by atoms with Crippen molar-refractivity contribution in [2.24, 2.45) is 0 Å². The standard InChI is InChI=1S/C18H23N5O4S/c1-11-10-26-8-7-23(11)14-9-12(18(2,3)28(4,24)25)17-16(20-14)15(22-27-17)13-5-6-19-21-13/h5-6,9,11H,7-8,10H2,1-4H3,(H,19,21)/t11-/m1/s1. The van der Waals surface area contributed by atoms with Crippen LogP contribution in [0.5, 0.6) is 0 Å². The van der Waals surface area contributed by atoms with E-state index in [9.17, 15) is 8.42 Å². The molecule has 0 bridgehead atoms. The summed E-state index contributed by atoms with van der Waals surface area (Å²) in [6, 6.07) is 3.68. The van der Waals surface area contributed by atoms with Crippen LogP contribution in [-0.2, 0) is 19.3 Å². The number of nitrogens with zero attached hydrogens (tertiary/aromatic N) is 4. The number of fused-ring (bicyclic) bond motifs is 1. The van der Waals surface area contributed by atoms with E-state index >= 15 is 0 Å². The molecule has 0 radical (unpaired) electrons. The van der Waals surface area contributed by atoms with Gasteiger partial charge in [-0.3, -0.25) is 5.10 Å². The van der Waals surface area contributed by atoms with Crippen molar-refractivity contribution in [3.8, 4) is 11.4 Å². The minimum absolute atomic E-state index is 0.114. The van der Waals surface area contributed by atoms with Crippen molar-refractivity contribution in [1.29, 1.82) is 0 Å². The Bertz CT molecular complexity index is 1100. The summed E-state index contributed by atoms with van der Waals surface area (Å²) in [5.41, 5.74) is 2.56. The molecule has 0 saturated carbocycles. The van der Waals surface area contributed by atoms with Gasteiger partial charge in [0, 0.05) is 24.6 Å². The molecule has 1 aliphatic rings. The third kappa shape index (κ3) is 2.96. The maximum absolute atomic E-state index is 12.6. The maximum Gasteiger partial charge on any atom is 0.190 e. The Labute approximate surface area is 163 Å². The summed E-state index contributed by atoms with van der Waals surface area (Å²) < 4.78 is 35.0. The van der Waals surface area contributed by atoms with Gasteiger partial charge < -0.3 is 14.2 Å². The van der Waals surface area contributed by atoms with Gasteiger partial charge in [0.1, 0.15) is 11.3 Å². The molecule has 28 heavy (non-hydrogen) atoms. The number of sulfone groups is 1. The highest BCUT2D eigenvalue weighted by Crippen LogP contribution is 2.39. The molecule has 10 heteroatoms. The molecule has 1 atom stereocenters. The molecule has 9 nitrogen and oxygen atoms in total. The van der Waals surface area contributed by atoms with Gasteiger partial charge in [-0.1, -0.05) is 5.16 Å². The third-order valence-corrected chi connectivity index (χ3v) is 7.48. The minimum Gasteiger partial charge on any atom is -0.377 e. The first kappa shape index (κ1) is 18.9. The van der Waals surface area contributed by atoms with Gasteiger partial charge in [-0.05, 0) is 32.9 Å². The van der Waals surface area contributed by atoms with Gasteiger partial charge in [0.05, 0.1) is 29.7 Å². The molecule has 1 fully saturated rings. The summed E-state index contributed by atoms with van der Waals surface area (Å²) in [6.45, 7) is 7.23. The first-order valence-electron chi connectivity index (χ1n) is 9.05. The average molecular weight is 405 g/mol. The van der Waals surface area contributed by atoms with Crippen LogP contribution < -0.4 is 4.90 Å². The second-order valence-electron chi connectivity index (χ2n) is 7.61. The number of nitrogens with one attached hydrogen (secondary N) is 1. The molecule has 0 aromatic carbocycles. The Balaban J connectivity index is 1.99. The molecule has 0 spiro atoms. The largest absolute Gasteiger partial charge is 0.377 e. The van der Waals surface area contributed by atoms with Crippen LogP contribution in [0.1, 0.15) is 26.3 Å². The lowest BCUT2D eigenvalue weighted by atomic mass is 10.0. The number of ether oxygens (including phenoxy) is 1. The molecular weight excluding hydrogens is 382 g/mol. The van der Waals surface area contributed by atoms with E-state index in [1.165, 1.54) is 6.26 Å². The summed E-state index contributed by atoms with van der Waals surface area (Å²) in [6.07, 6.45) is 2.84. The van der Waals surface area contributed by atoms with Gasteiger partial charge in [0.25, 0.3) is 0 Å². The van der Waals surface area contributed by atoms with E-state index in [-0.39, 0.29) is 6.04 Å². The highest BCUT2D eigenvalue weighted by atomic mass is 32.2. The molecule has 4 heterocycles. The van der Waals surface area contributed by atoms with Crippen LogP contribution in [0.15, 0.2) is 22.9 Å². The third-order valence-electron chi connectivity index (χ3n) is 5.41. The molecule has 0 aliphatic carbocycles. The number of H-pyrrole nitrogens is 1. The smallest absolute Gasteiger partial charge is 0.190 e. The Morgan fingerprint density at radius 1 is 1.36 bits per heavy atom. The summed E-state index contributed by atoms with van der Waals surface area (Å²) in [5, 5.41) is 11.0. The highest BCUT2D eigenvalue weighted by Gasteiger charge is 2.37. The van der Waals surface area contributed by atoms with E-state index in [4.69, 9.17) is 14.2 Å². The zero-order chi connectivity index (χ0) is 20.1. The monoisotopic (exact) mass is 405 g/mol. The number of anilines is 1. The fourth-order valence-corrected chi connectivity index (χ4v) is 3.88. The van der Waals surface area contributed by atoms with Crippen molar-refractivity contribution >= 4 is 26.8 Å². The zero-order valence-corrected chi connectivity index (χ0v) is 17.1. The van der Waals surface area contributed by atoms with Gasteiger partial charge in [-0.15, -0.1) is 0 Å².